The molecule has 4 aromatic rings. The first-order valence-electron chi connectivity index (χ1n) is 10.3. The van der Waals surface area contributed by atoms with Gasteiger partial charge in [0.1, 0.15) is 29.0 Å². The Balaban J connectivity index is 1.75. The van der Waals surface area contributed by atoms with Crippen LogP contribution in [0.3, 0.4) is 0 Å². The van der Waals surface area contributed by atoms with E-state index in [0.29, 0.717) is 41.0 Å². The summed E-state index contributed by atoms with van der Waals surface area (Å²) in [5.41, 5.74) is 2.66. The van der Waals surface area contributed by atoms with E-state index < -0.39 is 6.04 Å². The predicted octanol–water partition coefficient (Wildman–Crippen LogP) is 2.53. The average Bonchev–Trinajstić information content (AvgIpc) is 3.32. The molecule has 11 heteroatoms. The van der Waals surface area contributed by atoms with Crippen molar-refractivity contribution in [2.75, 3.05) is 26.1 Å². The second kappa shape index (κ2) is 8.26. The molecule has 168 valence electrons. The van der Waals surface area contributed by atoms with Crippen molar-refractivity contribution in [2.45, 2.75) is 13.0 Å². The molecule has 5 rings (SSSR count). The Morgan fingerprint density at radius 1 is 1.06 bits per heavy atom. The zero-order valence-electron chi connectivity index (χ0n) is 18.2. The normalized spacial score (nSPS) is 14.1. The van der Waals surface area contributed by atoms with Gasteiger partial charge in [-0.3, -0.25) is 4.79 Å². The lowest BCUT2D eigenvalue weighted by molar-refractivity contribution is 0.340. The molecule has 3 heterocycles. The molecule has 2 aromatic heterocycles. The van der Waals surface area contributed by atoms with Gasteiger partial charge in [0.05, 0.1) is 26.5 Å². The van der Waals surface area contributed by atoms with Gasteiger partial charge in [-0.25, -0.2) is 5.10 Å². The predicted molar refractivity (Wildman–Crippen MR) is 119 cm³/mol. The van der Waals surface area contributed by atoms with Crippen LogP contribution in [-0.2, 0) is 0 Å². The van der Waals surface area contributed by atoms with Crippen molar-refractivity contribution in [2.24, 2.45) is 0 Å². The van der Waals surface area contributed by atoms with Crippen molar-refractivity contribution in [3.8, 4) is 28.5 Å². The molecule has 33 heavy (non-hydrogen) atoms. The molecule has 11 nitrogen and oxygen atoms in total. The number of methoxy groups -OCH3 is 2. The van der Waals surface area contributed by atoms with E-state index in [-0.39, 0.29) is 5.56 Å². The lowest BCUT2D eigenvalue weighted by atomic mass is 9.92. The fourth-order valence-electron chi connectivity index (χ4n) is 3.97. The summed E-state index contributed by atoms with van der Waals surface area (Å²) in [5, 5.41) is 22.0. The topological polar surface area (TPSA) is 129 Å². The number of rotatable bonds is 6. The second-order valence-corrected chi connectivity index (χ2v) is 7.23. The largest absolute Gasteiger partial charge is 0.497 e. The number of anilines is 2. The maximum absolute atomic E-state index is 12.8. The number of hydrogen-bond acceptors (Lipinski definition) is 9. The zero-order chi connectivity index (χ0) is 22.9. The molecule has 0 unspecified atom stereocenters. The number of aromatic amines is 1. The van der Waals surface area contributed by atoms with Crippen LogP contribution in [0, 0.1) is 0 Å². The lowest BCUT2D eigenvalue weighted by Crippen LogP contribution is -2.29. The monoisotopic (exact) mass is 447 g/mol. The molecule has 0 amide bonds. The van der Waals surface area contributed by atoms with Gasteiger partial charge >= 0.3 is 0 Å². The number of tetrazole rings is 1. The Morgan fingerprint density at radius 3 is 2.58 bits per heavy atom. The molecule has 1 aliphatic heterocycles. The van der Waals surface area contributed by atoms with E-state index in [1.807, 2.05) is 43.3 Å². The van der Waals surface area contributed by atoms with Crippen molar-refractivity contribution >= 4 is 11.6 Å². The first-order chi connectivity index (χ1) is 16.1. The van der Waals surface area contributed by atoms with Crippen molar-refractivity contribution in [1.29, 1.82) is 0 Å². The Morgan fingerprint density at radius 2 is 1.85 bits per heavy atom. The molecule has 2 aromatic carbocycles. The van der Waals surface area contributed by atoms with Crippen LogP contribution in [0.1, 0.15) is 24.1 Å². The third-order valence-corrected chi connectivity index (χ3v) is 5.44. The number of nitrogens with one attached hydrogen (secondary N) is 2. The van der Waals surface area contributed by atoms with Gasteiger partial charge in [0, 0.05) is 22.8 Å². The van der Waals surface area contributed by atoms with Gasteiger partial charge in [0.15, 0.2) is 0 Å². The molecule has 1 atom stereocenters. The minimum Gasteiger partial charge on any atom is -0.497 e. The second-order valence-electron chi connectivity index (χ2n) is 7.23. The molecule has 0 saturated carbocycles. The molecule has 0 spiro atoms. The van der Waals surface area contributed by atoms with Gasteiger partial charge < -0.3 is 19.5 Å². The highest BCUT2D eigenvalue weighted by Gasteiger charge is 2.36. The quantitative estimate of drug-likeness (QED) is 0.403. The van der Waals surface area contributed by atoms with Crippen LogP contribution in [0.5, 0.6) is 17.2 Å². The minimum atomic E-state index is -0.580. The molecule has 2 N–H and O–H groups in total. The van der Waals surface area contributed by atoms with Gasteiger partial charge in [0.25, 0.3) is 5.56 Å². The molecule has 0 bridgehead atoms. The Labute approximate surface area is 188 Å². The van der Waals surface area contributed by atoms with Crippen molar-refractivity contribution < 1.29 is 14.2 Å². The van der Waals surface area contributed by atoms with E-state index in [4.69, 9.17) is 14.2 Å². The number of nitrogens with zero attached hydrogens (tertiary/aromatic N) is 5. The third-order valence-electron chi connectivity index (χ3n) is 5.44. The first-order valence-corrected chi connectivity index (χ1v) is 10.3. The van der Waals surface area contributed by atoms with Crippen LogP contribution in [0.25, 0.3) is 11.3 Å². The highest BCUT2D eigenvalue weighted by atomic mass is 16.5. The van der Waals surface area contributed by atoms with Crippen molar-refractivity contribution in [1.82, 2.24) is 30.4 Å². The van der Waals surface area contributed by atoms with Crippen LogP contribution in [-0.4, -0.2) is 51.2 Å². The van der Waals surface area contributed by atoms with Gasteiger partial charge in [-0.05, 0) is 53.7 Å². The van der Waals surface area contributed by atoms with E-state index >= 15 is 0 Å². The number of ether oxygens (including phenoxy) is 3. The lowest BCUT2D eigenvalue weighted by Gasteiger charge is -2.28. The van der Waals surface area contributed by atoms with Gasteiger partial charge in [-0.2, -0.15) is 9.78 Å². The van der Waals surface area contributed by atoms with Crippen LogP contribution in [0.15, 0.2) is 47.3 Å². The van der Waals surface area contributed by atoms with Crippen LogP contribution in [0.4, 0.5) is 11.6 Å². The Kier molecular flexibility index (Phi) is 5.13. The molecular formula is C22H21N7O4. The van der Waals surface area contributed by atoms with E-state index in [0.717, 1.165) is 16.9 Å². The van der Waals surface area contributed by atoms with Crippen molar-refractivity contribution in [3.05, 3.63) is 63.9 Å². The molecule has 1 aliphatic rings. The summed E-state index contributed by atoms with van der Waals surface area (Å²) in [5.74, 6) is 2.28. The summed E-state index contributed by atoms with van der Waals surface area (Å²) < 4.78 is 18.2. The SMILES string of the molecule is CCOc1ccc(-c2n[nH]c(=O)c3c2[C@@H](c2ccc(OC)cc2OC)n2nnnc2N3)cc1. The van der Waals surface area contributed by atoms with Crippen LogP contribution < -0.4 is 25.1 Å². The molecule has 0 fully saturated rings. The van der Waals surface area contributed by atoms with Gasteiger partial charge in [0.2, 0.25) is 5.95 Å². The number of H-pyrrole nitrogens is 1. The van der Waals surface area contributed by atoms with E-state index in [1.165, 1.54) is 0 Å². The van der Waals surface area contributed by atoms with E-state index in [1.54, 1.807) is 25.0 Å². The Hall–Kier alpha value is -4.41. The average molecular weight is 447 g/mol. The summed E-state index contributed by atoms with van der Waals surface area (Å²) >= 11 is 0. The van der Waals surface area contributed by atoms with Gasteiger partial charge in [-0.1, -0.05) is 5.10 Å². The minimum absolute atomic E-state index is 0.319. The summed E-state index contributed by atoms with van der Waals surface area (Å²) in [6.07, 6.45) is 0. The van der Waals surface area contributed by atoms with Crippen LogP contribution in [0.2, 0.25) is 0 Å². The van der Waals surface area contributed by atoms with E-state index in [2.05, 4.69) is 31.0 Å². The third kappa shape index (κ3) is 3.43. The Bertz CT molecular complexity index is 1360. The van der Waals surface area contributed by atoms with Crippen molar-refractivity contribution in [3.63, 3.8) is 0 Å². The molecule has 0 radical (unpaired) electrons. The molecular weight excluding hydrogens is 426 g/mol. The number of fused-ring (bicyclic) bond motifs is 2. The first kappa shape index (κ1) is 20.5. The fraction of sp³-hybridized carbons (Fsp3) is 0.227. The smallest absolute Gasteiger partial charge is 0.288 e. The summed E-state index contributed by atoms with van der Waals surface area (Å²) in [6, 6.07) is 12.4. The number of aromatic nitrogens is 6. The summed E-state index contributed by atoms with van der Waals surface area (Å²) in [4.78, 5) is 12.8. The number of hydrogen-bond donors (Lipinski definition) is 2. The molecule has 0 saturated heterocycles. The highest BCUT2D eigenvalue weighted by molar-refractivity contribution is 5.76. The standard InChI is InChI=1S/C22H21N7O4/c1-4-33-13-7-5-12(6-8-13)18-17-19(21(30)25-24-18)23-22-26-27-28-29(22)20(17)15-10-9-14(31-2)11-16(15)32-3/h5-11,20H,4H2,1-3H3,(H,25,30)(H,23,26,28)/t20-/m1/s1. The number of benzene rings is 2. The van der Waals surface area contributed by atoms with E-state index in [9.17, 15) is 4.79 Å². The maximum atomic E-state index is 12.8. The summed E-state index contributed by atoms with van der Waals surface area (Å²) in [7, 11) is 3.16. The molecule has 0 aliphatic carbocycles. The summed E-state index contributed by atoms with van der Waals surface area (Å²) in [6.45, 7) is 2.49. The zero-order valence-corrected chi connectivity index (χ0v) is 18.2. The maximum Gasteiger partial charge on any atom is 0.288 e. The van der Waals surface area contributed by atoms with Crippen LogP contribution >= 0.6 is 0 Å². The highest BCUT2D eigenvalue weighted by Crippen LogP contribution is 2.44. The van der Waals surface area contributed by atoms with Gasteiger partial charge in [-0.15, -0.1) is 0 Å². The fourth-order valence-corrected chi connectivity index (χ4v) is 3.97.